The normalized spacial score (nSPS) is 22.3. The van der Waals surface area contributed by atoms with Crippen LogP contribution in [0.15, 0.2) is 0 Å². The average Bonchev–Trinajstić information content (AvgIpc) is 2.43. The molecule has 0 aliphatic carbocycles. The predicted octanol–water partition coefficient (Wildman–Crippen LogP) is 3.36. The lowest BCUT2D eigenvalue weighted by atomic mass is 9.94. The van der Waals surface area contributed by atoms with Gasteiger partial charge in [0.15, 0.2) is 0 Å². The van der Waals surface area contributed by atoms with E-state index in [0.717, 1.165) is 12.5 Å². The molecule has 1 aliphatic heterocycles. The van der Waals surface area contributed by atoms with Crippen LogP contribution in [0.5, 0.6) is 0 Å². The molecule has 2 nitrogen and oxygen atoms in total. The van der Waals surface area contributed by atoms with E-state index in [4.69, 9.17) is 5.73 Å². The molecule has 0 aromatic heterocycles. The van der Waals surface area contributed by atoms with Gasteiger partial charge in [-0.25, -0.2) is 0 Å². The minimum absolute atomic E-state index is 0.635. The quantitative estimate of drug-likeness (QED) is 0.698. The highest BCUT2D eigenvalue weighted by atomic mass is 32.2. The Labute approximate surface area is 118 Å². The van der Waals surface area contributed by atoms with Crippen molar-refractivity contribution in [1.29, 1.82) is 0 Å². The summed E-state index contributed by atoms with van der Waals surface area (Å²) in [4.78, 5) is 2.70. The maximum absolute atomic E-state index is 6.10. The molecule has 2 N–H and O–H groups in total. The van der Waals surface area contributed by atoms with Gasteiger partial charge in [0.25, 0.3) is 0 Å². The van der Waals surface area contributed by atoms with Gasteiger partial charge in [0.1, 0.15) is 0 Å². The van der Waals surface area contributed by atoms with Gasteiger partial charge < -0.3 is 5.73 Å². The molecule has 108 valence electrons. The largest absolute Gasteiger partial charge is 0.329 e. The van der Waals surface area contributed by atoms with Gasteiger partial charge in [-0.05, 0) is 56.2 Å². The van der Waals surface area contributed by atoms with Crippen molar-refractivity contribution in [3.05, 3.63) is 0 Å². The highest BCUT2D eigenvalue weighted by Crippen LogP contribution is 2.27. The van der Waals surface area contributed by atoms with E-state index in [0.29, 0.717) is 6.04 Å². The van der Waals surface area contributed by atoms with E-state index in [9.17, 15) is 0 Å². The topological polar surface area (TPSA) is 29.3 Å². The van der Waals surface area contributed by atoms with Crippen molar-refractivity contribution in [2.75, 3.05) is 31.1 Å². The molecule has 0 aromatic rings. The Hall–Kier alpha value is 0.270. The van der Waals surface area contributed by atoms with Gasteiger partial charge in [-0.1, -0.05) is 26.7 Å². The molecular formula is C15H32N2S. The molecule has 1 fully saturated rings. The van der Waals surface area contributed by atoms with Gasteiger partial charge in [0, 0.05) is 12.6 Å². The Morgan fingerprint density at radius 1 is 1.22 bits per heavy atom. The molecule has 0 aromatic carbocycles. The van der Waals surface area contributed by atoms with Gasteiger partial charge in [-0.2, -0.15) is 11.8 Å². The van der Waals surface area contributed by atoms with Gasteiger partial charge in [-0.15, -0.1) is 0 Å². The first-order chi connectivity index (χ1) is 8.83. The van der Waals surface area contributed by atoms with E-state index in [1.54, 1.807) is 0 Å². The van der Waals surface area contributed by atoms with Crippen molar-refractivity contribution < 1.29 is 0 Å². The molecule has 3 heteroatoms. The van der Waals surface area contributed by atoms with Crippen molar-refractivity contribution in [2.24, 2.45) is 11.7 Å². The molecule has 0 bridgehead atoms. The minimum Gasteiger partial charge on any atom is -0.329 e. The lowest BCUT2D eigenvalue weighted by Crippen LogP contribution is -2.48. The van der Waals surface area contributed by atoms with Crippen molar-refractivity contribution in [2.45, 2.75) is 58.4 Å². The maximum atomic E-state index is 6.10. The van der Waals surface area contributed by atoms with Gasteiger partial charge in [-0.3, -0.25) is 4.90 Å². The van der Waals surface area contributed by atoms with E-state index >= 15 is 0 Å². The fourth-order valence-electron chi connectivity index (χ4n) is 2.87. The van der Waals surface area contributed by atoms with Gasteiger partial charge in [0.2, 0.25) is 0 Å². The zero-order chi connectivity index (χ0) is 13.2. The van der Waals surface area contributed by atoms with E-state index in [1.807, 2.05) is 0 Å². The molecular weight excluding hydrogens is 240 g/mol. The summed E-state index contributed by atoms with van der Waals surface area (Å²) in [6.07, 6.45) is 8.00. The summed E-state index contributed by atoms with van der Waals surface area (Å²) >= 11 is 2.13. The van der Waals surface area contributed by atoms with Crippen LogP contribution in [0.2, 0.25) is 0 Å². The third kappa shape index (κ3) is 5.50. The lowest BCUT2D eigenvalue weighted by molar-refractivity contribution is 0.144. The standard InChI is InChI=1S/C15H32N2S/c1-3-5-9-17(10-6-4-2)15(12-16)14-8-7-11-18-13-14/h14-15H,3-13,16H2,1-2H3. The number of rotatable bonds is 9. The molecule has 1 heterocycles. The van der Waals surface area contributed by atoms with Crippen molar-refractivity contribution in [1.82, 2.24) is 4.90 Å². The third-order valence-electron chi connectivity index (χ3n) is 4.05. The second-order valence-electron chi connectivity index (χ2n) is 5.52. The zero-order valence-corrected chi connectivity index (χ0v) is 13.2. The van der Waals surface area contributed by atoms with Crippen LogP contribution in [-0.2, 0) is 0 Å². The first-order valence-electron chi connectivity index (χ1n) is 7.85. The summed E-state index contributed by atoms with van der Waals surface area (Å²) in [5.74, 6) is 3.52. The van der Waals surface area contributed by atoms with Gasteiger partial charge in [0.05, 0.1) is 0 Å². The minimum atomic E-state index is 0.635. The summed E-state index contributed by atoms with van der Waals surface area (Å²) in [7, 11) is 0. The number of hydrogen-bond acceptors (Lipinski definition) is 3. The Bertz CT molecular complexity index is 185. The van der Waals surface area contributed by atoms with Crippen molar-refractivity contribution in [3.63, 3.8) is 0 Å². The Morgan fingerprint density at radius 2 is 1.89 bits per heavy atom. The SMILES string of the molecule is CCCCN(CCCC)C(CN)C1CCCSC1. The molecule has 18 heavy (non-hydrogen) atoms. The summed E-state index contributed by atoms with van der Waals surface area (Å²) in [5, 5.41) is 0. The predicted molar refractivity (Wildman–Crippen MR) is 84.3 cm³/mol. The van der Waals surface area contributed by atoms with Crippen LogP contribution in [0, 0.1) is 5.92 Å². The van der Waals surface area contributed by atoms with Crippen LogP contribution in [0.4, 0.5) is 0 Å². The van der Waals surface area contributed by atoms with E-state index in [-0.39, 0.29) is 0 Å². The second kappa shape index (κ2) is 10.1. The molecule has 1 aliphatic rings. The first kappa shape index (κ1) is 16.3. The fourth-order valence-corrected chi connectivity index (χ4v) is 4.10. The van der Waals surface area contributed by atoms with E-state index < -0.39 is 0 Å². The maximum Gasteiger partial charge on any atom is 0.0254 e. The Morgan fingerprint density at radius 3 is 2.33 bits per heavy atom. The number of thioether (sulfide) groups is 1. The number of nitrogens with two attached hydrogens (primary N) is 1. The van der Waals surface area contributed by atoms with Crippen LogP contribution in [-0.4, -0.2) is 42.1 Å². The summed E-state index contributed by atoms with van der Waals surface area (Å²) in [6.45, 7) is 7.91. The highest BCUT2D eigenvalue weighted by molar-refractivity contribution is 7.99. The Kier molecular flexibility index (Phi) is 9.16. The summed E-state index contributed by atoms with van der Waals surface area (Å²) < 4.78 is 0. The van der Waals surface area contributed by atoms with Crippen LogP contribution >= 0.6 is 11.8 Å². The smallest absolute Gasteiger partial charge is 0.0254 e. The molecule has 2 atom stereocenters. The number of unbranched alkanes of at least 4 members (excludes halogenated alkanes) is 2. The zero-order valence-electron chi connectivity index (χ0n) is 12.4. The van der Waals surface area contributed by atoms with Crippen molar-refractivity contribution in [3.8, 4) is 0 Å². The van der Waals surface area contributed by atoms with E-state index in [2.05, 4.69) is 30.5 Å². The van der Waals surface area contributed by atoms with Gasteiger partial charge >= 0.3 is 0 Å². The van der Waals surface area contributed by atoms with Crippen LogP contribution in [0.25, 0.3) is 0 Å². The second-order valence-corrected chi connectivity index (χ2v) is 6.67. The molecule has 0 spiro atoms. The Balaban J connectivity index is 2.52. The number of nitrogens with zero attached hydrogens (tertiary/aromatic N) is 1. The third-order valence-corrected chi connectivity index (χ3v) is 5.29. The highest BCUT2D eigenvalue weighted by Gasteiger charge is 2.27. The average molecular weight is 273 g/mol. The van der Waals surface area contributed by atoms with Crippen LogP contribution in [0.1, 0.15) is 52.4 Å². The molecule has 1 rings (SSSR count). The summed E-state index contributed by atoms with van der Waals surface area (Å²) in [6, 6.07) is 0.635. The summed E-state index contributed by atoms with van der Waals surface area (Å²) in [5.41, 5.74) is 6.10. The van der Waals surface area contributed by atoms with Crippen LogP contribution < -0.4 is 5.73 Å². The van der Waals surface area contributed by atoms with Crippen molar-refractivity contribution >= 4 is 11.8 Å². The van der Waals surface area contributed by atoms with Crippen LogP contribution in [0.3, 0.4) is 0 Å². The molecule has 0 saturated carbocycles. The lowest BCUT2D eigenvalue weighted by Gasteiger charge is -2.38. The first-order valence-corrected chi connectivity index (χ1v) is 9.00. The molecule has 0 radical (unpaired) electrons. The molecule has 2 unspecified atom stereocenters. The molecule has 0 amide bonds. The molecule has 1 saturated heterocycles. The number of hydrogen-bond donors (Lipinski definition) is 1. The monoisotopic (exact) mass is 272 g/mol. The fraction of sp³-hybridized carbons (Fsp3) is 1.00. The van der Waals surface area contributed by atoms with E-state index in [1.165, 1.54) is 63.1 Å².